The average molecular weight is 250 g/mol. The van der Waals surface area contributed by atoms with Crippen molar-refractivity contribution < 1.29 is 9.46 Å². The Labute approximate surface area is 93.4 Å². The molecule has 4 aliphatic rings. The SMILES string of the molecule is O=P12C3CN(c4ccccc4)C4=[P+]([O-])C41N32. The zero-order valence-electron chi connectivity index (χ0n) is 8.28. The summed E-state index contributed by atoms with van der Waals surface area (Å²) in [6, 6.07) is 9.97. The summed E-state index contributed by atoms with van der Waals surface area (Å²) in [6.07, 6.45) is 0. The van der Waals surface area contributed by atoms with Gasteiger partial charge in [-0.15, -0.1) is 0 Å². The van der Waals surface area contributed by atoms with E-state index in [2.05, 4.69) is 4.90 Å². The minimum absolute atomic E-state index is 0.206. The van der Waals surface area contributed by atoms with Crippen molar-refractivity contribution in [1.82, 2.24) is 4.67 Å². The number of fused-ring (bicyclic) bond motifs is 1. The fourth-order valence-corrected chi connectivity index (χ4v) is 11.2. The van der Waals surface area contributed by atoms with E-state index in [4.69, 9.17) is 0 Å². The lowest BCUT2D eigenvalue weighted by Crippen LogP contribution is -2.45. The van der Waals surface area contributed by atoms with Crippen molar-refractivity contribution in [2.24, 2.45) is 0 Å². The highest BCUT2D eigenvalue weighted by molar-refractivity contribution is 7.99. The second-order valence-electron chi connectivity index (χ2n) is 4.65. The van der Waals surface area contributed by atoms with Crippen LogP contribution in [0.15, 0.2) is 30.3 Å². The Hall–Kier alpha value is -0.660. The smallest absolute Gasteiger partial charge is 0.329 e. The summed E-state index contributed by atoms with van der Waals surface area (Å²) in [6.45, 7) is 0.763. The van der Waals surface area contributed by atoms with Crippen LogP contribution in [-0.2, 0) is 4.57 Å². The molecular formula is C10H8N2O2P2. The molecule has 1 aromatic carbocycles. The molecule has 80 valence electrons. The summed E-state index contributed by atoms with van der Waals surface area (Å²) in [5.74, 6) is 0.206. The highest BCUT2D eigenvalue weighted by Crippen LogP contribution is 3.11. The van der Waals surface area contributed by atoms with Gasteiger partial charge in [-0.2, -0.15) is 4.67 Å². The van der Waals surface area contributed by atoms with Crippen molar-refractivity contribution in [2.75, 3.05) is 11.4 Å². The molecule has 0 aromatic heterocycles. The molecule has 6 heteroatoms. The molecule has 4 heterocycles. The molecule has 3 saturated heterocycles. The maximum atomic E-state index is 12.2. The first-order chi connectivity index (χ1) is 7.74. The third kappa shape index (κ3) is 0.558. The lowest BCUT2D eigenvalue weighted by Gasteiger charge is -2.24. The molecule has 4 aliphatic heterocycles. The lowest BCUT2D eigenvalue weighted by molar-refractivity contribution is -0.151. The highest BCUT2D eigenvalue weighted by atomic mass is 31.2. The highest BCUT2D eigenvalue weighted by Gasteiger charge is 3.12. The second kappa shape index (κ2) is 2.04. The van der Waals surface area contributed by atoms with Gasteiger partial charge in [0.05, 0.1) is 6.54 Å². The van der Waals surface area contributed by atoms with Crippen LogP contribution in [0.5, 0.6) is 0 Å². The van der Waals surface area contributed by atoms with Crippen LogP contribution in [0.4, 0.5) is 5.69 Å². The van der Waals surface area contributed by atoms with E-state index in [9.17, 15) is 9.46 Å². The Morgan fingerprint density at radius 1 is 1.44 bits per heavy atom. The van der Waals surface area contributed by atoms with E-state index in [1.165, 1.54) is 0 Å². The monoisotopic (exact) mass is 250 g/mol. The molecule has 5 unspecified atom stereocenters. The van der Waals surface area contributed by atoms with Gasteiger partial charge in [0.15, 0.2) is 0 Å². The number of nitrogens with zero attached hydrogens (tertiary/aromatic N) is 2. The fourth-order valence-electron chi connectivity index (χ4n) is 3.20. The van der Waals surface area contributed by atoms with Crippen molar-refractivity contribution in [3.63, 3.8) is 0 Å². The number of benzene rings is 1. The number of piperazine rings is 1. The fraction of sp³-hybridized carbons (Fsp3) is 0.300. The summed E-state index contributed by atoms with van der Waals surface area (Å²) in [7, 11) is -3.49. The molecule has 3 fully saturated rings. The average Bonchev–Trinajstić information content (AvgIpc) is 3.23. The van der Waals surface area contributed by atoms with E-state index < -0.39 is 20.1 Å². The number of rotatable bonds is 1. The Bertz CT molecular complexity index is 629. The maximum absolute atomic E-state index is 12.2. The van der Waals surface area contributed by atoms with Gasteiger partial charge in [0, 0.05) is 5.69 Å². The van der Waals surface area contributed by atoms with Gasteiger partial charge in [-0.05, 0) is 12.1 Å². The van der Waals surface area contributed by atoms with Crippen LogP contribution in [0.25, 0.3) is 0 Å². The zero-order valence-corrected chi connectivity index (χ0v) is 10.1. The first kappa shape index (κ1) is 8.43. The van der Waals surface area contributed by atoms with Crippen molar-refractivity contribution in [3.05, 3.63) is 30.3 Å². The minimum Gasteiger partial charge on any atom is -0.627 e. The first-order valence-electron chi connectivity index (χ1n) is 5.31. The van der Waals surface area contributed by atoms with E-state index in [1.54, 1.807) is 0 Å². The van der Waals surface area contributed by atoms with Gasteiger partial charge in [-0.3, -0.25) is 4.57 Å². The largest absolute Gasteiger partial charge is 0.627 e. The standard InChI is InChI=1S/C10H8N2O2P2/c13-15-9-10(15)12-8(16(10,12)14)6-11(9)7-4-2-1-3-5-7/h1-5,8H,6H2. The molecule has 16 heavy (non-hydrogen) atoms. The van der Waals surface area contributed by atoms with Crippen molar-refractivity contribution in [2.45, 2.75) is 10.8 Å². The quantitative estimate of drug-likeness (QED) is 0.551. The van der Waals surface area contributed by atoms with Gasteiger partial charge in [0.1, 0.15) is 13.6 Å². The third-order valence-corrected chi connectivity index (χ3v) is 10.8. The molecule has 0 aliphatic carbocycles. The predicted molar refractivity (Wildman–Crippen MR) is 61.7 cm³/mol. The Morgan fingerprint density at radius 2 is 2.12 bits per heavy atom. The molecule has 0 amide bonds. The molecule has 0 radical (unpaired) electrons. The van der Waals surface area contributed by atoms with E-state index >= 15 is 0 Å². The summed E-state index contributed by atoms with van der Waals surface area (Å²) in [5, 5.41) is -0.416. The number of hydrogen-bond acceptors (Lipinski definition) is 3. The molecular weight excluding hydrogens is 242 g/mol. The zero-order chi connectivity index (χ0) is 10.7. The summed E-state index contributed by atoms with van der Waals surface area (Å²) >= 11 is 0. The number of hydrogen-bond donors (Lipinski definition) is 0. The van der Waals surface area contributed by atoms with Crippen molar-refractivity contribution in [3.8, 4) is 0 Å². The molecule has 1 spiro atoms. The van der Waals surface area contributed by atoms with E-state index in [0.717, 1.165) is 17.6 Å². The van der Waals surface area contributed by atoms with E-state index in [-0.39, 0.29) is 5.78 Å². The van der Waals surface area contributed by atoms with Gasteiger partial charge in [-0.1, -0.05) is 18.2 Å². The summed E-state index contributed by atoms with van der Waals surface area (Å²) in [5.41, 5.74) is 2.01. The molecule has 0 saturated carbocycles. The molecule has 0 N–H and O–H groups in total. The van der Waals surface area contributed by atoms with Crippen molar-refractivity contribution in [1.29, 1.82) is 0 Å². The van der Waals surface area contributed by atoms with Crippen LogP contribution >= 0.6 is 15.1 Å². The Morgan fingerprint density at radius 3 is 2.81 bits per heavy atom. The van der Waals surface area contributed by atoms with Gasteiger partial charge in [-0.25, -0.2) is 0 Å². The first-order valence-corrected chi connectivity index (χ1v) is 8.30. The molecule has 1 aromatic rings. The molecule has 5 atom stereocenters. The van der Waals surface area contributed by atoms with Crippen LogP contribution in [0, 0.1) is 0 Å². The van der Waals surface area contributed by atoms with Gasteiger partial charge >= 0.3 is 5.02 Å². The van der Waals surface area contributed by atoms with Gasteiger partial charge in [0.2, 0.25) is 7.29 Å². The normalized spacial score (nSPS) is 51.9. The molecule has 5 rings (SSSR count). The van der Waals surface area contributed by atoms with E-state index in [0.29, 0.717) is 0 Å². The van der Waals surface area contributed by atoms with Gasteiger partial charge < -0.3 is 9.79 Å². The molecule has 0 bridgehead atoms. The minimum atomic E-state index is -2.12. The van der Waals surface area contributed by atoms with Gasteiger partial charge in [0.25, 0.3) is 5.42 Å². The van der Waals surface area contributed by atoms with Crippen LogP contribution in [0.3, 0.4) is 0 Å². The topological polar surface area (TPSA) is 46.4 Å². The summed E-state index contributed by atoms with van der Waals surface area (Å²) < 4.78 is 14.2. The van der Waals surface area contributed by atoms with Crippen LogP contribution in [0.1, 0.15) is 0 Å². The van der Waals surface area contributed by atoms with Crippen LogP contribution < -0.4 is 9.79 Å². The van der Waals surface area contributed by atoms with Crippen LogP contribution in [-0.4, -0.2) is 27.4 Å². The number of anilines is 1. The lowest BCUT2D eigenvalue weighted by atomic mass is 10.2. The maximum Gasteiger partial charge on any atom is 0.329 e. The Kier molecular flexibility index (Phi) is 1.08. The van der Waals surface area contributed by atoms with E-state index in [1.807, 2.05) is 35.0 Å². The molecule has 4 nitrogen and oxygen atoms in total. The number of para-hydroxylation sites is 1. The Balaban J connectivity index is 1.63. The van der Waals surface area contributed by atoms with Crippen LogP contribution in [0.2, 0.25) is 0 Å². The summed E-state index contributed by atoms with van der Waals surface area (Å²) in [4.78, 5) is 14.1. The third-order valence-electron chi connectivity index (χ3n) is 4.07. The predicted octanol–water partition coefficient (Wildman–Crippen LogP) is 0.994. The van der Waals surface area contributed by atoms with Crippen molar-refractivity contribution >= 4 is 26.2 Å². The second-order valence-corrected chi connectivity index (χ2v) is 9.58.